The second-order valence-corrected chi connectivity index (χ2v) is 7.86. The number of nitrogens with one attached hydrogen (secondary N) is 1. The van der Waals surface area contributed by atoms with E-state index in [4.69, 9.17) is 4.74 Å². The minimum Gasteiger partial charge on any atom is -0.497 e. The van der Waals surface area contributed by atoms with Crippen molar-refractivity contribution in [1.29, 1.82) is 0 Å². The van der Waals surface area contributed by atoms with E-state index in [9.17, 15) is 21.6 Å². The van der Waals surface area contributed by atoms with E-state index in [1.54, 1.807) is 12.1 Å². The highest BCUT2D eigenvalue weighted by molar-refractivity contribution is 7.90. The maximum atomic E-state index is 13.5. The van der Waals surface area contributed by atoms with Crippen LogP contribution in [0.5, 0.6) is 5.75 Å². The molecule has 0 saturated carbocycles. The summed E-state index contributed by atoms with van der Waals surface area (Å²) in [5.74, 6) is 0.509. The lowest BCUT2D eigenvalue weighted by molar-refractivity contribution is -0.140. The van der Waals surface area contributed by atoms with E-state index in [2.05, 4.69) is 10.2 Å². The molecule has 1 heterocycles. The molecule has 0 fully saturated rings. The molecule has 0 atom stereocenters. The van der Waals surface area contributed by atoms with Crippen LogP contribution in [0.25, 0.3) is 22.4 Å². The van der Waals surface area contributed by atoms with E-state index in [1.807, 2.05) is 0 Å². The van der Waals surface area contributed by atoms with E-state index in [0.29, 0.717) is 16.9 Å². The highest BCUT2D eigenvalue weighted by Crippen LogP contribution is 2.41. The number of nitrogens with zero attached hydrogens (tertiary/aromatic N) is 1. The quantitative estimate of drug-likeness (QED) is 0.718. The van der Waals surface area contributed by atoms with Crippen LogP contribution in [0, 0.1) is 0 Å². The molecule has 3 rings (SSSR count). The van der Waals surface area contributed by atoms with Gasteiger partial charge in [0.2, 0.25) is 0 Å². The molecule has 0 spiro atoms. The Hall–Kier alpha value is -2.81. The molecule has 0 unspecified atom stereocenters. The highest BCUT2D eigenvalue weighted by atomic mass is 32.2. The lowest BCUT2D eigenvalue weighted by atomic mass is 9.98. The summed E-state index contributed by atoms with van der Waals surface area (Å²) in [5, 5.41) is 5.90. The first-order valence-electron chi connectivity index (χ1n) is 7.71. The number of aromatic amines is 1. The number of alkyl halides is 3. The van der Waals surface area contributed by atoms with Crippen molar-refractivity contribution in [3.63, 3.8) is 0 Å². The molecule has 1 N–H and O–H groups in total. The van der Waals surface area contributed by atoms with Gasteiger partial charge in [0.25, 0.3) is 0 Å². The average Bonchev–Trinajstić information content (AvgIpc) is 3.06. The molecule has 3 aromatic rings. The van der Waals surface area contributed by atoms with Crippen molar-refractivity contribution in [2.75, 3.05) is 13.4 Å². The Morgan fingerprint density at radius 1 is 0.963 bits per heavy atom. The van der Waals surface area contributed by atoms with Crippen molar-refractivity contribution in [2.24, 2.45) is 0 Å². The summed E-state index contributed by atoms with van der Waals surface area (Å²) in [7, 11) is -1.95. The van der Waals surface area contributed by atoms with Gasteiger partial charge in [-0.3, -0.25) is 5.10 Å². The maximum Gasteiger partial charge on any atom is 0.433 e. The predicted octanol–water partition coefficient (Wildman–Crippen LogP) is 4.17. The Bertz CT molecular complexity index is 1050. The number of rotatable bonds is 4. The number of H-pyrrole nitrogens is 1. The summed E-state index contributed by atoms with van der Waals surface area (Å²) >= 11 is 0. The molecule has 0 aliphatic carbocycles. The fraction of sp³-hybridized carbons (Fsp3) is 0.167. The van der Waals surface area contributed by atoms with Gasteiger partial charge in [-0.15, -0.1) is 0 Å². The lowest BCUT2D eigenvalue weighted by Gasteiger charge is -2.10. The van der Waals surface area contributed by atoms with Crippen LogP contribution in [0.1, 0.15) is 5.69 Å². The normalized spacial score (nSPS) is 12.2. The number of sulfone groups is 1. The van der Waals surface area contributed by atoms with Gasteiger partial charge < -0.3 is 4.74 Å². The number of benzene rings is 2. The van der Waals surface area contributed by atoms with E-state index < -0.39 is 21.7 Å². The Balaban J connectivity index is 2.17. The van der Waals surface area contributed by atoms with Gasteiger partial charge in [-0.1, -0.05) is 24.3 Å². The number of hydrogen-bond acceptors (Lipinski definition) is 4. The first kappa shape index (κ1) is 19.0. The molecule has 142 valence electrons. The summed E-state index contributed by atoms with van der Waals surface area (Å²) in [4.78, 5) is 0.0730. The van der Waals surface area contributed by atoms with E-state index in [-0.39, 0.29) is 16.2 Å². The van der Waals surface area contributed by atoms with E-state index >= 15 is 0 Å². The summed E-state index contributed by atoms with van der Waals surface area (Å²) < 4.78 is 68.6. The van der Waals surface area contributed by atoms with Crippen molar-refractivity contribution < 1.29 is 26.3 Å². The van der Waals surface area contributed by atoms with Crippen LogP contribution < -0.4 is 4.74 Å². The van der Waals surface area contributed by atoms with Crippen LogP contribution in [-0.4, -0.2) is 32.0 Å². The summed E-state index contributed by atoms with van der Waals surface area (Å²) in [6, 6.07) is 11.7. The SMILES string of the molecule is COc1ccc(-c2c(-c3ccc(S(C)(=O)=O)cc3)n[nH]c2C(F)(F)F)cc1. The van der Waals surface area contributed by atoms with Crippen molar-refractivity contribution in [3.8, 4) is 28.1 Å². The fourth-order valence-electron chi connectivity index (χ4n) is 2.65. The maximum absolute atomic E-state index is 13.5. The number of hydrogen-bond donors (Lipinski definition) is 1. The number of halogens is 3. The fourth-order valence-corrected chi connectivity index (χ4v) is 3.29. The second-order valence-electron chi connectivity index (χ2n) is 5.85. The molecule has 0 aliphatic heterocycles. The zero-order chi connectivity index (χ0) is 19.8. The van der Waals surface area contributed by atoms with Gasteiger partial charge >= 0.3 is 6.18 Å². The minimum atomic E-state index is -4.63. The monoisotopic (exact) mass is 396 g/mol. The third-order valence-corrected chi connectivity index (χ3v) is 5.11. The molecule has 0 bridgehead atoms. The summed E-state index contributed by atoms with van der Waals surface area (Å²) in [6.45, 7) is 0. The first-order valence-corrected chi connectivity index (χ1v) is 9.61. The molecule has 27 heavy (non-hydrogen) atoms. The molecule has 0 radical (unpaired) electrons. The summed E-state index contributed by atoms with van der Waals surface area (Å²) in [6.07, 6.45) is -3.58. The lowest BCUT2D eigenvalue weighted by Crippen LogP contribution is -2.07. The molecule has 5 nitrogen and oxygen atoms in total. The standard InChI is InChI=1S/C18H15F3N2O3S/c1-26-13-7-3-11(4-8-13)15-16(22-23-17(15)18(19,20)21)12-5-9-14(10-6-12)27(2,24)25/h3-10H,1-2H3,(H,22,23). The van der Waals surface area contributed by atoms with Crippen molar-refractivity contribution in [2.45, 2.75) is 11.1 Å². The van der Waals surface area contributed by atoms with Gasteiger partial charge in [0.05, 0.1) is 12.0 Å². The zero-order valence-electron chi connectivity index (χ0n) is 14.3. The largest absolute Gasteiger partial charge is 0.497 e. The number of ether oxygens (including phenoxy) is 1. The Morgan fingerprint density at radius 2 is 1.52 bits per heavy atom. The summed E-state index contributed by atoms with van der Waals surface area (Å²) in [5.41, 5.74) is -0.348. The average molecular weight is 396 g/mol. The van der Waals surface area contributed by atoms with Crippen molar-refractivity contribution >= 4 is 9.84 Å². The van der Waals surface area contributed by atoms with Gasteiger partial charge in [-0.2, -0.15) is 18.3 Å². The first-order chi connectivity index (χ1) is 12.6. The van der Waals surface area contributed by atoms with Crippen LogP contribution in [0.15, 0.2) is 53.4 Å². The van der Waals surface area contributed by atoms with E-state index in [1.165, 1.54) is 43.5 Å². The Labute approximate surface area is 153 Å². The number of methoxy groups -OCH3 is 1. The second kappa shape index (κ2) is 6.73. The molecule has 0 saturated heterocycles. The zero-order valence-corrected chi connectivity index (χ0v) is 15.1. The molecule has 0 amide bonds. The molecule has 2 aromatic carbocycles. The minimum absolute atomic E-state index is 0.0730. The van der Waals surface area contributed by atoms with Crippen LogP contribution in [-0.2, 0) is 16.0 Å². The highest BCUT2D eigenvalue weighted by Gasteiger charge is 2.38. The van der Waals surface area contributed by atoms with E-state index in [0.717, 1.165) is 6.26 Å². The molecular weight excluding hydrogens is 381 g/mol. The smallest absolute Gasteiger partial charge is 0.433 e. The van der Waals surface area contributed by atoms with Crippen LogP contribution in [0.4, 0.5) is 13.2 Å². The van der Waals surface area contributed by atoms with Crippen LogP contribution in [0.2, 0.25) is 0 Å². The number of aromatic nitrogens is 2. The third kappa shape index (κ3) is 3.82. The van der Waals surface area contributed by atoms with Gasteiger partial charge in [0, 0.05) is 17.4 Å². The van der Waals surface area contributed by atoms with Crippen LogP contribution in [0.3, 0.4) is 0 Å². The van der Waals surface area contributed by atoms with Crippen LogP contribution >= 0.6 is 0 Å². The topological polar surface area (TPSA) is 72.1 Å². The van der Waals surface area contributed by atoms with Crippen molar-refractivity contribution in [1.82, 2.24) is 10.2 Å². The van der Waals surface area contributed by atoms with Gasteiger partial charge in [-0.25, -0.2) is 8.42 Å². The third-order valence-electron chi connectivity index (χ3n) is 3.98. The van der Waals surface area contributed by atoms with Gasteiger partial charge in [-0.05, 0) is 29.8 Å². The van der Waals surface area contributed by atoms with Gasteiger partial charge in [0.1, 0.15) is 17.1 Å². The molecule has 0 aliphatic rings. The Morgan fingerprint density at radius 3 is 2.00 bits per heavy atom. The molecular formula is C18H15F3N2O3S. The van der Waals surface area contributed by atoms with Crippen molar-refractivity contribution in [3.05, 3.63) is 54.2 Å². The molecule has 1 aromatic heterocycles. The Kier molecular flexibility index (Phi) is 4.73. The molecule has 9 heteroatoms. The van der Waals surface area contributed by atoms with Gasteiger partial charge in [0.15, 0.2) is 9.84 Å². The predicted molar refractivity (Wildman–Crippen MR) is 94.1 cm³/mol.